The quantitative estimate of drug-likeness (QED) is 0.178. The number of ether oxygens (including phenoxy) is 1. The minimum atomic E-state index is -0.841. The number of benzene rings is 3. The third-order valence-electron chi connectivity index (χ3n) is 13.9. The standard InChI is InChI=1S/C47H45F2N9O5/c1-25-18-33(19-26(2)41(25)49)58-42(56-15-14-55(46(56)61)38-21-31-8-12-53(5)37(31)23-34(38)48)40-28(4)54(13-9-35(40)51-58)43(59)39-22-32-20-30(29-10-16-62-17-11-29)6-7-36(32)57(39)47(24-27(47)3)44-50-45(60)63-52-44/h6-8,12,14-15,18-23,27-29H,9-11,13,16-17,24H2,1-5H3,(H,50,52,60)/t27-,28-,47-/m0/s1. The molecule has 8 aromatic rings. The number of hydrogen-bond acceptors (Lipinski definition) is 7. The number of halogens is 2. The normalized spacial score (nSPS) is 20.3. The molecular weight excluding hydrogens is 809 g/mol. The second-order valence-electron chi connectivity index (χ2n) is 17.6. The first-order valence-electron chi connectivity index (χ1n) is 21.4. The molecule has 1 amide bonds. The fraction of sp³-hybridized carbons (Fsp3) is 0.340. The molecule has 16 heteroatoms. The maximum Gasteiger partial charge on any atom is 0.438 e. The van der Waals surface area contributed by atoms with Crippen molar-refractivity contribution < 1.29 is 22.8 Å². The Morgan fingerprint density at radius 2 is 1.65 bits per heavy atom. The van der Waals surface area contributed by atoms with Crippen molar-refractivity contribution >= 4 is 27.7 Å². The molecule has 0 radical (unpaired) electrons. The second-order valence-corrected chi connectivity index (χ2v) is 17.6. The van der Waals surface area contributed by atoms with Crippen LogP contribution >= 0.6 is 0 Å². The van der Waals surface area contributed by atoms with E-state index < -0.39 is 28.8 Å². The highest BCUT2D eigenvalue weighted by molar-refractivity contribution is 6.00. The third kappa shape index (κ3) is 5.86. The zero-order valence-electron chi connectivity index (χ0n) is 35.5. The molecule has 1 aliphatic carbocycles. The van der Waals surface area contributed by atoms with Crippen molar-refractivity contribution in [1.82, 2.24) is 43.1 Å². The van der Waals surface area contributed by atoms with Gasteiger partial charge in [-0.15, -0.1) is 0 Å². The van der Waals surface area contributed by atoms with Gasteiger partial charge < -0.3 is 18.8 Å². The zero-order chi connectivity index (χ0) is 43.6. The zero-order valence-corrected chi connectivity index (χ0v) is 35.5. The molecule has 11 rings (SSSR count). The van der Waals surface area contributed by atoms with Crippen LogP contribution in [-0.2, 0) is 23.7 Å². The Morgan fingerprint density at radius 1 is 0.905 bits per heavy atom. The number of amides is 1. The molecule has 7 heterocycles. The Morgan fingerprint density at radius 3 is 2.37 bits per heavy atom. The van der Waals surface area contributed by atoms with Crippen LogP contribution in [0.5, 0.6) is 0 Å². The van der Waals surface area contributed by atoms with Crippen LogP contribution in [0.4, 0.5) is 8.78 Å². The van der Waals surface area contributed by atoms with Gasteiger partial charge in [0.05, 0.1) is 28.6 Å². The minimum Gasteiger partial charge on any atom is -0.381 e. The van der Waals surface area contributed by atoms with Crippen molar-refractivity contribution in [3.05, 3.63) is 145 Å². The number of imidazole rings is 1. The molecule has 1 N–H and O–H groups in total. The van der Waals surface area contributed by atoms with Crippen molar-refractivity contribution in [2.45, 2.75) is 70.9 Å². The van der Waals surface area contributed by atoms with E-state index in [1.54, 1.807) is 47.8 Å². The molecule has 3 aromatic carbocycles. The number of aromatic nitrogens is 8. The minimum absolute atomic E-state index is 0.0109. The van der Waals surface area contributed by atoms with Crippen molar-refractivity contribution in [2.24, 2.45) is 13.0 Å². The maximum atomic E-state index is 15.8. The summed E-state index contributed by atoms with van der Waals surface area (Å²) in [6, 6.07) is 15.9. The van der Waals surface area contributed by atoms with Crippen molar-refractivity contribution in [2.75, 3.05) is 19.8 Å². The molecule has 1 saturated heterocycles. The van der Waals surface area contributed by atoms with Crippen LogP contribution in [0, 0.1) is 31.4 Å². The highest BCUT2D eigenvalue weighted by Gasteiger charge is 2.59. The molecule has 63 heavy (non-hydrogen) atoms. The summed E-state index contributed by atoms with van der Waals surface area (Å²) in [6.07, 6.45) is 7.71. The van der Waals surface area contributed by atoms with Gasteiger partial charge in [-0.1, -0.05) is 18.1 Å². The van der Waals surface area contributed by atoms with Crippen LogP contribution in [0.15, 0.2) is 87.3 Å². The predicted octanol–water partition coefficient (Wildman–Crippen LogP) is 7.27. The molecule has 3 atom stereocenters. The number of fused-ring (bicyclic) bond motifs is 3. The Bertz CT molecular complexity index is 3280. The molecule has 5 aromatic heterocycles. The van der Waals surface area contributed by atoms with E-state index in [0.29, 0.717) is 89.4 Å². The molecule has 322 valence electrons. The lowest BCUT2D eigenvalue weighted by Crippen LogP contribution is -2.41. The van der Waals surface area contributed by atoms with E-state index in [9.17, 15) is 9.59 Å². The number of carbonyl (C=O) groups is 1. The van der Waals surface area contributed by atoms with Crippen LogP contribution in [0.2, 0.25) is 0 Å². The van der Waals surface area contributed by atoms with E-state index in [4.69, 9.17) is 14.4 Å². The molecular formula is C47H45F2N9O5. The largest absolute Gasteiger partial charge is 0.438 e. The molecule has 0 unspecified atom stereocenters. The smallest absolute Gasteiger partial charge is 0.381 e. The lowest BCUT2D eigenvalue weighted by molar-refractivity contribution is 0.0663. The van der Waals surface area contributed by atoms with Gasteiger partial charge in [0, 0.05) is 79.7 Å². The Hall–Kier alpha value is -6.81. The van der Waals surface area contributed by atoms with E-state index >= 15 is 13.6 Å². The van der Waals surface area contributed by atoms with Crippen molar-refractivity contribution in [3.63, 3.8) is 0 Å². The van der Waals surface area contributed by atoms with E-state index in [0.717, 1.165) is 29.1 Å². The van der Waals surface area contributed by atoms with E-state index in [-0.39, 0.29) is 23.3 Å². The number of H-pyrrole nitrogens is 1. The van der Waals surface area contributed by atoms with E-state index in [2.05, 4.69) is 35.3 Å². The third-order valence-corrected chi connectivity index (χ3v) is 13.9. The monoisotopic (exact) mass is 853 g/mol. The van der Waals surface area contributed by atoms with Crippen molar-refractivity contribution in [3.8, 4) is 17.2 Å². The molecule has 2 fully saturated rings. The number of nitrogens with one attached hydrogen (secondary N) is 1. The highest BCUT2D eigenvalue weighted by Crippen LogP contribution is 2.56. The Balaban J connectivity index is 1.06. The number of carbonyl (C=O) groups excluding carboxylic acids is 1. The maximum absolute atomic E-state index is 15.8. The van der Waals surface area contributed by atoms with Crippen molar-refractivity contribution in [1.29, 1.82) is 0 Å². The Kier molecular flexibility index (Phi) is 8.75. The number of aryl methyl sites for hydroxylation is 3. The summed E-state index contributed by atoms with van der Waals surface area (Å²) in [5.41, 5.74) is 4.45. The van der Waals surface area contributed by atoms with Gasteiger partial charge in [0.25, 0.3) is 5.91 Å². The van der Waals surface area contributed by atoms with Gasteiger partial charge in [0.1, 0.15) is 28.7 Å². The van der Waals surface area contributed by atoms with E-state index in [1.807, 2.05) is 41.4 Å². The average molecular weight is 854 g/mol. The van der Waals surface area contributed by atoms with E-state index in [1.165, 1.54) is 27.0 Å². The summed E-state index contributed by atoms with van der Waals surface area (Å²) in [6.45, 7) is 9.02. The van der Waals surface area contributed by atoms with Crippen LogP contribution in [0.25, 0.3) is 39.0 Å². The molecule has 2 aliphatic heterocycles. The van der Waals surface area contributed by atoms with Gasteiger partial charge in [-0.3, -0.25) is 23.4 Å². The van der Waals surface area contributed by atoms with Gasteiger partial charge in [-0.05, 0) is 111 Å². The van der Waals surface area contributed by atoms with Crippen LogP contribution in [0.1, 0.15) is 89.3 Å². The summed E-state index contributed by atoms with van der Waals surface area (Å²) in [4.78, 5) is 47.1. The number of aromatic amines is 1. The fourth-order valence-electron chi connectivity index (χ4n) is 10.4. The lowest BCUT2D eigenvalue weighted by Gasteiger charge is -2.34. The molecule has 3 aliphatic rings. The molecule has 1 saturated carbocycles. The topological polar surface area (TPSA) is 143 Å². The first-order valence-corrected chi connectivity index (χ1v) is 21.4. The molecule has 0 bridgehead atoms. The predicted molar refractivity (Wildman–Crippen MR) is 230 cm³/mol. The molecule has 14 nitrogen and oxygen atoms in total. The second kappa shape index (κ2) is 14.1. The number of rotatable bonds is 7. The first-order chi connectivity index (χ1) is 30.3. The van der Waals surface area contributed by atoms with Gasteiger partial charge in [-0.2, -0.15) is 5.10 Å². The van der Waals surface area contributed by atoms with Crippen LogP contribution < -0.4 is 11.4 Å². The summed E-state index contributed by atoms with van der Waals surface area (Å²) in [7, 11) is 1.83. The van der Waals surface area contributed by atoms with Crippen LogP contribution in [-0.4, -0.2) is 68.8 Å². The summed E-state index contributed by atoms with van der Waals surface area (Å²) in [5.74, 6) is -0.781. The fourth-order valence-corrected chi connectivity index (χ4v) is 10.4. The summed E-state index contributed by atoms with van der Waals surface area (Å²) in [5, 5.41) is 10.9. The van der Waals surface area contributed by atoms with Gasteiger partial charge in [-0.25, -0.2) is 23.1 Å². The summed E-state index contributed by atoms with van der Waals surface area (Å²) < 4.78 is 49.8. The average Bonchev–Trinajstić information content (AvgIpc) is 3.90. The van der Waals surface area contributed by atoms with Gasteiger partial charge in [0.15, 0.2) is 5.82 Å². The lowest BCUT2D eigenvalue weighted by atomic mass is 9.91. The van der Waals surface area contributed by atoms with Gasteiger partial charge >= 0.3 is 11.4 Å². The SMILES string of the molecule is Cc1cc(-n2nc3c(c2-n2ccn(-c4cc5ccn(C)c5cc4F)c2=O)[C@H](C)N(C(=O)c2cc4cc(C5CCOCC5)ccc4n2[C@@]2(c4noc(=O)[nH]4)C[C@@H]2C)CC3)cc(C)c1F. The first kappa shape index (κ1) is 39.1. The number of hydrogen-bond donors (Lipinski definition) is 1. The number of nitrogens with zero attached hydrogens (tertiary/aromatic N) is 8. The highest BCUT2D eigenvalue weighted by atomic mass is 19.1. The molecule has 0 spiro atoms. The Labute approximate surface area is 358 Å². The summed E-state index contributed by atoms with van der Waals surface area (Å²) >= 11 is 0. The van der Waals surface area contributed by atoms with Gasteiger partial charge in [0.2, 0.25) is 0 Å². The van der Waals surface area contributed by atoms with Crippen LogP contribution in [0.3, 0.4) is 0 Å².